The lowest BCUT2D eigenvalue weighted by Crippen LogP contribution is -2.41. The van der Waals surface area contributed by atoms with Crippen molar-refractivity contribution in [1.82, 2.24) is 10.2 Å². The smallest absolute Gasteiger partial charge is 0.0366 e. The molecule has 0 aliphatic carbocycles. The number of nitrogens with one attached hydrogen (secondary N) is 1. The van der Waals surface area contributed by atoms with Gasteiger partial charge < -0.3 is 15.1 Å². The standard InChI is InChI=1S/C18H31N3/c1-15(2)18(20(3)4)14-19-13-16-7-9-17(10-8-16)21-11-5-6-12-21/h7-10,15,18-19H,5-6,11-14H2,1-4H3. The van der Waals surface area contributed by atoms with Crippen molar-refractivity contribution in [3.05, 3.63) is 29.8 Å². The summed E-state index contributed by atoms with van der Waals surface area (Å²) in [5.74, 6) is 0.671. The van der Waals surface area contributed by atoms with E-state index in [2.05, 4.69) is 67.3 Å². The zero-order valence-corrected chi connectivity index (χ0v) is 14.1. The van der Waals surface area contributed by atoms with Gasteiger partial charge in [-0.15, -0.1) is 0 Å². The summed E-state index contributed by atoms with van der Waals surface area (Å²) in [5.41, 5.74) is 2.75. The van der Waals surface area contributed by atoms with Gasteiger partial charge in [0.1, 0.15) is 0 Å². The molecule has 1 fully saturated rings. The zero-order chi connectivity index (χ0) is 15.2. The van der Waals surface area contributed by atoms with E-state index >= 15 is 0 Å². The highest BCUT2D eigenvalue weighted by molar-refractivity contribution is 5.48. The molecule has 0 aromatic heterocycles. The quantitative estimate of drug-likeness (QED) is 0.832. The zero-order valence-electron chi connectivity index (χ0n) is 14.1. The van der Waals surface area contributed by atoms with E-state index < -0.39 is 0 Å². The highest BCUT2D eigenvalue weighted by atomic mass is 15.1. The SMILES string of the molecule is CC(C)C(CNCc1ccc(N2CCCC2)cc1)N(C)C. The van der Waals surface area contributed by atoms with Crippen molar-refractivity contribution in [2.24, 2.45) is 5.92 Å². The van der Waals surface area contributed by atoms with Crippen molar-refractivity contribution in [3.63, 3.8) is 0 Å². The molecule has 1 aliphatic rings. The number of anilines is 1. The minimum Gasteiger partial charge on any atom is -0.372 e. The fraction of sp³-hybridized carbons (Fsp3) is 0.667. The maximum atomic E-state index is 3.60. The lowest BCUT2D eigenvalue weighted by molar-refractivity contribution is 0.224. The van der Waals surface area contributed by atoms with Crippen LogP contribution in [-0.2, 0) is 6.54 Å². The highest BCUT2D eigenvalue weighted by Crippen LogP contribution is 2.20. The minimum absolute atomic E-state index is 0.592. The van der Waals surface area contributed by atoms with Crippen LogP contribution in [-0.4, -0.2) is 44.7 Å². The third-order valence-corrected chi connectivity index (χ3v) is 4.52. The molecule has 0 bridgehead atoms. The Morgan fingerprint density at radius 2 is 1.71 bits per heavy atom. The van der Waals surface area contributed by atoms with Gasteiger partial charge in [0.25, 0.3) is 0 Å². The van der Waals surface area contributed by atoms with E-state index in [4.69, 9.17) is 0 Å². The van der Waals surface area contributed by atoms with Gasteiger partial charge in [-0.3, -0.25) is 0 Å². The minimum atomic E-state index is 0.592. The summed E-state index contributed by atoms with van der Waals surface area (Å²) >= 11 is 0. The predicted molar refractivity (Wildman–Crippen MR) is 91.9 cm³/mol. The van der Waals surface area contributed by atoms with Crippen LogP contribution in [0, 0.1) is 5.92 Å². The number of benzene rings is 1. The third-order valence-electron chi connectivity index (χ3n) is 4.52. The molecule has 0 radical (unpaired) electrons. The first kappa shape index (κ1) is 16.3. The average molecular weight is 289 g/mol. The molecule has 1 aromatic carbocycles. The summed E-state index contributed by atoms with van der Waals surface area (Å²) in [4.78, 5) is 4.80. The van der Waals surface area contributed by atoms with Gasteiger partial charge in [0.15, 0.2) is 0 Å². The first-order chi connectivity index (χ1) is 10.1. The molecule has 3 heteroatoms. The van der Waals surface area contributed by atoms with Crippen molar-refractivity contribution in [3.8, 4) is 0 Å². The lowest BCUT2D eigenvalue weighted by atomic mass is 10.0. The molecule has 0 saturated carbocycles. The van der Waals surface area contributed by atoms with Crippen LogP contribution in [0.15, 0.2) is 24.3 Å². The molecule has 0 amide bonds. The highest BCUT2D eigenvalue weighted by Gasteiger charge is 2.15. The van der Waals surface area contributed by atoms with Gasteiger partial charge in [-0.25, -0.2) is 0 Å². The van der Waals surface area contributed by atoms with Gasteiger partial charge in [0.2, 0.25) is 0 Å². The van der Waals surface area contributed by atoms with Crippen LogP contribution in [0.2, 0.25) is 0 Å². The summed E-state index contributed by atoms with van der Waals surface area (Å²) in [5, 5.41) is 3.60. The van der Waals surface area contributed by atoms with Crippen LogP contribution in [0.3, 0.4) is 0 Å². The fourth-order valence-corrected chi connectivity index (χ4v) is 3.18. The Morgan fingerprint density at radius 3 is 2.24 bits per heavy atom. The van der Waals surface area contributed by atoms with Gasteiger partial charge in [-0.1, -0.05) is 26.0 Å². The molecule has 21 heavy (non-hydrogen) atoms. The summed E-state index contributed by atoms with van der Waals surface area (Å²) in [6.45, 7) is 9.01. The molecule has 1 saturated heterocycles. The Balaban J connectivity index is 1.80. The van der Waals surface area contributed by atoms with Crippen molar-refractivity contribution >= 4 is 5.69 Å². The van der Waals surface area contributed by atoms with E-state index in [1.54, 1.807) is 0 Å². The topological polar surface area (TPSA) is 18.5 Å². The molecular formula is C18H31N3. The van der Waals surface area contributed by atoms with E-state index in [0.29, 0.717) is 12.0 Å². The normalized spacial score (nSPS) is 17.0. The molecule has 1 aliphatic heterocycles. The number of likely N-dealkylation sites (N-methyl/N-ethyl adjacent to an activating group) is 1. The Labute approximate surface area is 130 Å². The molecular weight excluding hydrogens is 258 g/mol. The second-order valence-corrected chi connectivity index (χ2v) is 6.77. The van der Waals surface area contributed by atoms with Crippen LogP contribution in [0.1, 0.15) is 32.3 Å². The Hall–Kier alpha value is -1.06. The van der Waals surface area contributed by atoms with E-state index in [0.717, 1.165) is 13.1 Å². The summed E-state index contributed by atoms with van der Waals surface area (Å²) < 4.78 is 0. The summed E-state index contributed by atoms with van der Waals surface area (Å²) in [6.07, 6.45) is 2.68. The maximum absolute atomic E-state index is 3.60. The van der Waals surface area contributed by atoms with Gasteiger partial charge in [0, 0.05) is 37.9 Å². The van der Waals surface area contributed by atoms with Gasteiger partial charge in [-0.05, 0) is 50.6 Å². The van der Waals surface area contributed by atoms with Crippen LogP contribution < -0.4 is 10.2 Å². The number of nitrogens with zero attached hydrogens (tertiary/aromatic N) is 2. The predicted octanol–water partition coefficient (Wildman–Crippen LogP) is 2.96. The second-order valence-electron chi connectivity index (χ2n) is 6.77. The molecule has 1 aromatic rings. The average Bonchev–Trinajstić information content (AvgIpc) is 2.97. The van der Waals surface area contributed by atoms with Crippen molar-refractivity contribution < 1.29 is 0 Å². The Bertz CT molecular complexity index is 397. The van der Waals surface area contributed by atoms with Gasteiger partial charge in [-0.2, -0.15) is 0 Å². The maximum Gasteiger partial charge on any atom is 0.0366 e. The molecule has 3 nitrogen and oxygen atoms in total. The van der Waals surface area contributed by atoms with Crippen LogP contribution >= 0.6 is 0 Å². The summed E-state index contributed by atoms with van der Waals surface area (Å²) in [6, 6.07) is 9.66. The Kier molecular flexibility index (Phi) is 6.07. The van der Waals surface area contributed by atoms with Crippen molar-refractivity contribution in [1.29, 1.82) is 0 Å². The number of hydrogen-bond donors (Lipinski definition) is 1. The van der Waals surface area contributed by atoms with Crippen LogP contribution in [0.4, 0.5) is 5.69 Å². The van der Waals surface area contributed by atoms with E-state index in [-0.39, 0.29) is 0 Å². The third kappa shape index (κ3) is 4.72. The van der Waals surface area contributed by atoms with E-state index in [1.165, 1.54) is 37.2 Å². The molecule has 1 N–H and O–H groups in total. The first-order valence-electron chi connectivity index (χ1n) is 8.29. The van der Waals surface area contributed by atoms with Gasteiger partial charge >= 0.3 is 0 Å². The number of rotatable bonds is 7. The largest absolute Gasteiger partial charge is 0.372 e. The molecule has 1 heterocycles. The molecule has 1 atom stereocenters. The second kappa shape index (κ2) is 7.81. The fourth-order valence-electron chi connectivity index (χ4n) is 3.18. The van der Waals surface area contributed by atoms with E-state index in [9.17, 15) is 0 Å². The summed E-state index contributed by atoms with van der Waals surface area (Å²) in [7, 11) is 4.33. The number of hydrogen-bond acceptors (Lipinski definition) is 3. The molecule has 2 rings (SSSR count). The monoisotopic (exact) mass is 289 g/mol. The lowest BCUT2D eigenvalue weighted by Gasteiger charge is -2.28. The van der Waals surface area contributed by atoms with Gasteiger partial charge in [0.05, 0.1) is 0 Å². The van der Waals surface area contributed by atoms with Crippen LogP contribution in [0.5, 0.6) is 0 Å². The van der Waals surface area contributed by atoms with Crippen molar-refractivity contribution in [2.75, 3.05) is 38.6 Å². The molecule has 0 spiro atoms. The van der Waals surface area contributed by atoms with Crippen LogP contribution in [0.25, 0.3) is 0 Å². The Morgan fingerprint density at radius 1 is 1.10 bits per heavy atom. The van der Waals surface area contributed by atoms with Crippen molar-refractivity contribution in [2.45, 2.75) is 39.3 Å². The first-order valence-corrected chi connectivity index (χ1v) is 8.29. The van der Waals surface area contributed by atoms with E-state index in [1.807, 2.05) is 0 Å². The molecule has 1 unspecified atom stereocenters. The molecule has 118 valence electrons.